The molecule has 0 spiro atoms. The van der Waals surface area contributed by atoms with Crippen LogP contribution in [0.4, 0.5) is 4.79 Å². The topological polar surface area (TPSA) is 69.8 Å². The van der Waals surface area contributed by atoms with E-state index < -0.39 is 0 Å². The fraction of sp³-hybridized carbons (Fsp3) is 0.263. The summed E-state index contributed by atoms with van der Waals surface area (Å²) >= 11 is 0. The molecule has 2 heterocycles. The maximum atomic E-state index is 12.0. The molecule has 2 aromatic heterocycles. The zero-order valence-corrected chi connectivity index (χ0v) is 14.0. The first kappa shape index (κ1) is 16.1. The van der Waals surface area contributed by atoms with Crippen LogP contribution in [-0.2, 0) is 6.42 Å². The van der Waals surface area contributed by atoms with Crippen LogP contribution >= 0.6 is 0 Å². The minimum absolute atomic E-state index is 0.0525. The average molecular weight is 322 g/mol. The second-order valence-electron chi connectivity index (χ2n) is 5.96. The van der Waals surface area contributed by atoms with Crippen molar-refractivity contribution < 1.29 is 4.79 Å². The van der Waals surface area contributed by atoms with Crippen molar-refractivity contribution in [1.29, 1.82) is 0 Å². The van der Waals surface area contributed by atoms with E-state index in [4.69, 9.17) is 0 Å². The molecule has 3 rings (SSSR count). The number of aromatic nitrogens is 2. The largest absolute Gasteiger partial charge is 0.361 e. The Morgan fingerprint density at radius 1 is 1.25 bits per heavy atom. The molecule has 0 saturated carbocycles. The Hall–Kier alpha value is -2.82. The van der Waals surface area contributed by atoms with Gasteiger partial charge in [0.2, 0.25) is 0 Å². The first-order valence-electron chi connectivity index (χ1n) is 8.15. The molecule has 1 aromatic carbocycles. The number of aryl methyl sites for hydroxylation is 1. The zero-order valence-electron chi connectivity index (χ0n) is 14.0. The molecule has 0 radical (unpaired) electrons. The first-order valence-corrected chi connectivity index (χ1v) is 8.15. The summed E-state index contributed by atoms with van der Waals surface area (Å²) in [6.07, 6.45) is 6.27. The number of nitrogens with one attached hydrogen (secondary N) is 3. The first-order chi connectivity index (χ1) is 11.6. The van der Waals surface area contributed by atoms with Gasteiger partial charge in [0.1, 0.15) is 0 Å². The standard InChI is InChI=1S/C19H22N4O/c1-13-4-3-5-17-18(13)16(12-22-17)8-11-21-19(24)23-14(2)15-6-9-20-10-7-15/h3-7,9-10,12,14,22H,8,11H2,1-2H3,(H2,21,23,24). The maximum Gasteiger partial charge on any atom is 0.315 e. The van der Waals surface area contributed by atoms with Gasteiger partial charge in [0, 0.05) is 36.0 Å². The summed E-state index contributed by atoms with van der Waals surface area (Å²) in [6, 6.07) is 9.82. The molecule has 5 heteroatoms. The van der Waals surface area contributed by atoms with Crippen molar-refractivity contribution in [2.75, 3.05) is 6.54 Å². The molecule has 0 aliphatic rings. The fourth-order valence-corrected chi connectivity index (χ4v) is 2.94. The summed E-state index contributed by atoms with van der Waals surface area (Å²) in [5.74, 6) is 0. The number of nitrogens with zero attached hydrogens (tertiary/aromatic N) is 1. The van der Waals surface area contributed by atoms with Gasteiger partial charge in [-0.15, -0.1) is 0 Å². The van der Waals surface area contributed by atoms with Crippen LogP contribution in [0.1, 0.15) is 29.7 Å². The van der Waals surface area contributed by atoms with E-state index in [1.165, 1.54) is 16.5 Å². The molecule has 0 bridgehead atoms. The van der Waals surface area contributed by atoms with Gasteiger partial charge >= 0.3 is 6.03 Å². The number of rotatable bonds is 5. The van der Waals surface area contributed by atoms with Crippen LogP contribution in [0.15, 0.2) is 48.9 Å². The molecule has 124 valence electrons. The lowest BCUT2D eigenvalue weighted by Crippen LogP contribution is -2.38. The third-order valence-electron chi connectivity index (χ3n) is 4.23. The van der Waals surface area contributed by atoms with Crippen molar-refractivity contribution in [2.24, 2.45) is 0 Å². The molecule has 0 saturated heterocycles. The minimum atomic E-state index is -0.157. The molecule has 0 aliphatic carbocycles. The van der Waals surface area contributed by atoms with E-state index in [0.717, 1.165) is 17.5 Å². The van der Waals surface area contributed by atoms with Crippen molar-refractivity contribution in [3.05, 3.63) is 65.6 Å². The van der Waals surface area contributed by atoms with Crippen LogP contribution in [0.5, 0.6) is 0 Å². The number of aromatic amines is 1. The summed E-state index contributed by atoms with van der Waals surface area (Å²) < 4.78 is 0. The molecule has 0 fully saturated rings. The van der Waals surface area contributed by atoms with Crippen molar-refractivity contribution in [2.45, 2.75) is 26.3 Å². The number of urea groups is 1. The highest BCUT2D eigenvalue weighted by molar-refractivity contribution is 5.86. The smallest absolute Gasteiger partial charge is 0.315 e. The minimum Gasteiger partial charge on any atom is -0.361 e. The van der Waals surface area contributed by atoms with Crippen LogP contribution in [0.2, 0.25) is 0 Å². The Balaban J connectivity index is 1.53. The van der Waals surface area contributed by atoms with E-state index in [-0.39, 0.29) is 12.1 Å². The van der Waals surface area contributed by atoms with E-state index in [0.29, 0.717) is 6.54 Å². The van der Waals surface area contributed by atoms with Gasteiger partial charge < -0.3 is 15.6 Å². The number of benzene rings is 1. The fourth-order valence-electron chi connectivity index (χ4n) is 2.94. The molecule has 1 atom stereocenters. The maximum absolute atomic E-state index is 12.0. The van der Waals surface area contributed by atoms with Gasteiger partial charge in [-0.05, 0) is 55.2 Å². The lowest BCUT2D eigenvalue weighted by molar-refractivity contribution is 0.238. The van der Waals surface area contributed by atoms with Gasteiger partial charge in [0.25, 0.3) is 0 Å². The molecule has 3 N–H and O–H groups in total. The molecule has 1 unspecified atom stereocenters. The highest BCUT2D eigenvalue weighted by atomic mass is 16.2. The van der Waals surface area contributed by atoms with Gasteiger partial charge in [-0.3, -0.25) is 4.98 Å². The van der Waals surface area contributed by atoms with E-state index in [9.17, 15) is 4.79 Å². The van der Waals surface area contributed by atoms with Crippen LogP contribution in [0.25, 0.3) is 10.9 Å². The highest BCUT2D eigenvalue weighted by Crippen LogP contribution is 2.22. The average Bonchev–Trinajstić information content (AvgIpc) is 3.00. The molecule has 2 amide bonds. The van der Waals surface area contributed by atoms with Crippen molar-refractivity contribution >= 4 is 16.9 Å². The van der Waals surface area contributed by atoms with E-state index in [1.807, 2.05) is 31.3 Å². The second kappa shape index (κ2) is 7.17. The van der Waals surface area contributed by atoms with E-state index >= 15 is 0 Å². The lowest BCUT2D eigenvalue weighted by Gasteiger charge is -2.14. The quantitative estimate of drug-likeness (QED) is 0.673. The predicted molar refractivity (Wildman–Crippen MR) is 95.9 cm³/mol. The van der Waals surface area contributed by atoms with Gasteiger partial charge in [-0.1, -0.05) is 12.1 Å². The van der Waals surface area contributed by atoms with Crippen LogP contribution in [0.3, 0.4) is 0 Å². The predicted octanol–water partition coefficient (Wildman–Crippen LogP) is 3.47. The third-order valence-corrected chi connectivity index (χ3v) is 4.23. The van der Waals surface area contributed by atoms with Crippen molar-refractivity contribution in [3.8, 4) is 0 Å². The van der Waals surface area contributed by atoms with Gasteiger partial charge in [0.05, 0.1) is 6.04 Å². The Morgan fingerprint density at radius 2 is 2.04 bits per heavy atom. The Morgan fingerprint density at radius 3 is 2.83 bits per heavy atom. The summed E-state index contributed by atoms with van der Waals surface area (Å²) in [5, 5.41) is 7.12. The number of fused-ring (bicyclic) bond motifs is 1. The number of hydrogen-bond donors (Lipinski definition) is 3. The summed E-state index contributed by atoms with van der Waals surface area (Å²) in [6.45, 7) is 4.66. The van der Waals surface area contributed by atoms with E-state index in [2.05, 4.69) is 39.7 Å². The van der Waals surface area contributed by atoms with Crippen LogP contribution in [0, 0.1) is 6.92 Å². The van der Waals surface area contributed by atoms with Crippen LogP contribution in [-0.4, -0.2) is 22.5 Å². The Kier molecular flexibility index (Phi) is 4.79. The number of hydrogen-bond acceptors (Lipinski definition) is 2. The van der Waals surface area contributed by atoms with Gasteiger partial charge in [-0.25, -0.2) is 4.79 Å². The van der Waals surface area contributed by atoms with Crippen LogP contribution < -0.4 is 10.6 Å². The van der Waals surface area contributed by atoms with Crippen molar-refractivity contribution in [3.63, 3.8) is 0 Å². The molecule has 24 heavy (non-hydrogen) atoms. The zero-order chi connectivity index (χ0) is 16.9. The van der Waals surface area contributed by atoms with Gasteiger partial charge in [-0.2, -0.15) is 0 Å². The number of carbonyl (C=O) groups is 1. The van der Waals surface area contributed by atoms with Gasteiger partial charge in [0.15, 0.2) is 0 Å². The Bertz CT molecular complexity index is 826. The summed E-state index contributed by atoms with van der Waals surface area (Å²) in [5.41, 5.74) is 4.65. The van der Waals surface area contributed by atoms with E-state index in [1.54, 1.807) is 12.4 Å². The Labute approximate surface area is 141 Å². The summed E-state index contributed by atoms with van der Waals surface area (Å²) in [7, 11) is 0. The molecule has 3 aromatic rings. The third kappa shape index (κ3) is 3.56. The number of amides is 2. The molecular formula is C19H22N4O. The number of H-pyrrole nitrogens is 1. The normalized spacial score (nSPS) is 12.1. The molecular weight excluding hydrogens is 300 g/mol. The second-order valence-corrected chi connectivity index (χ2v) is 5.96. The summed E-state index contributed by atoms with van der Waals surface area (Å²) in [4.78, 5) is 19.3. The monoisotopic (exact) mass is 322 g/mol. The lowest BCUT2D eigenvalue weighted by atomic mass is 10.1. The highest BCUT2D eigenvalue weighted by Gasteiger charge is 2.10. The SMILES string of the molecule is Cc1cccc2[nH]cc(CCNC(=O)NC(C)c3ccncc3)c12. The molecule has 0 aliphatic heterocycles. The van der Waals surface area contributed by atoms with Crippen molar-refractivity contribution in [1.82, 2.24) is 20.6 Å². The number of carbonyl (C=O) groups excluding carboxylic acids is 1. The number of pyridine rings is 1. The molecule has 5 nitrogen and oxygen atoms in total.